The van der Waals surface area contributed by atoms with Crippen LogP contribution in [0.4, 0.5) is 5.69 Å². The molecule has 0 heterocycles. The average molecular weight is 347 g/mol. The molecule has 0 amide bonds. The van der Waals surface area contributed by atoms with E-state index in [2.05, 4.69) is 5.32 Å². The van der Waals surface area contributed by atoms with Crippen LogP contribution < -0.4 is 5.32 Å². The number of ketones is 1. The summed E-state index contributed by atoms with van der Waals surface area (Å²) in [4.78, 5) is 11.9. The Morgan fingerprint density at radius 3 is 2.38 bits per heavy atom. The zero-order chi connectivity index (χ0) is 15.4. The van der Waals surface area contributed by atoms with Crippen LogP contribution >= 0.6 is 34.8 Å². The first-order chi connectivity index (χ1) is 9.99. The van der Waals surface area contributed by atoms with E-state index in [1.807, 2.05) is 6.92 Å². The highest BCUT2D eigenvalue weighted by Gasteiger charge is 2.16. The third-order valence-corrected chi connectivity index (χ3v) is 4.94. The van der Waals surface area contributed by atoms with Crippen molar-refractivity contribution in [3.8, 4) is 0 Å². The predicted molar refractivity (Wildman–Crippen MR) is 90.8 cm³/mol. The van der Waals surface area contributed by atoms with E-state index in [9.17, 15) is 4.79 Å². The van der Waals surface area contributed by atoms with E-state index in [1.165, 1.54) is 5.57 Å². The zero-order valence-corrected chi connectivity index (χ0v) is 14.2. The van der Waals surface area contributed by atoms with Gasteiger partial charge in [-0.2, -0.15) is 0 Å². The lowest BCUT2D eigenvalue weighted by Crippen LogP contribution is -2.12. The first kappa shape index (κ1) is 16.7. The Bertz CT molecular complexity index is 558. The number of halogens is 3. The fourth-order valence-electron chi connectivity index (χ4n) is 2.53. The molecule has 114 valence electrons. The molecule has 1 aliphatic rings. The van der Waals surface area contributed by atoms with E-state index >= 15 is 0 Å². The van der Waals surface area contributed by atoms with Crippen LogP contribution in [-0.2, 0) is 4.79 Å². The molecule has 0 radical (unpaired) electrons. The van der Waals surface area contributed by atoms with Gasteiger partial charge >= 0.3 is 0 Å². The first-order valence-corrected chi connectivity index (χ1v) is 8.22. The SMILES string of the molecule is CC(CCNc1cc(Cl)c(Cl)c(Cl)c1)=C1CCCCC1=O. The van der Waals surface area contributed by atoms with Crippen molar-refractivity contribution >= 4 is 46.3 Å². The Balaban J connectivity index is 1.95. The van der Waals surface area contributed by atoms with Crippen molar-refractivity contribution in [2.45, 2.75) is 39.0 Å². The van der Waals surface area contributed by atoms with Gasteiger partial charge in [0.2, 0.25) is 0 Å². The van der Waals surface area contributed by atoms with Crippen molar-refractivity contribution in [1.82, 2.24) is 0 Å². The predicted octanol–water partition coefficient (Wildman–Crippen LogP) is 5.91. The minimum Gasteiger partial charge on any atom is -0.385 e. The standard InChI is InChI=1S/C16H18Cl3NO/c1-10(12-4-2-3-5-15(12)21)6-7-20-11-8-13(17)16(19)14(18)9-11/h8-9,20H,2-7H2,1H3. The number of hydrogen-bond donors (Lipinski definition) is 1. The number of Topliss-reactive ketones (excluding diaryl/α,β-unsaturated/α-hetero) is 1. The molecule has 1 fully saturated rings. The molecular weight excluding hydrogens is 329 g/mol. The summed E-state index contributed by atoms with van der Waals surface area (Å²) in [6, 6.07) is 3.51. The molecule has 1 saturated carbocycles. The van der Waals surface area contributed by atoms with E-state index in [4.69, 9.17) is 34.8 Å². The van der Waals surface area contributed by atoms with E-state index in [0.717, 1.165) is 43.5 Å². The van der Waals surface area contributed by atoms with E-state index in [-0.39, 0.29) is 0 Å². The second-order valence-corrected chi connectivity index (χ2v) is 6.51. The fraction of sp³-hybridized carbons (Fsp3) is 0.438. The van der Waals surface area contributed by atoms with Gasteiger partial charge in [-0.05, 0) is 50.3 Å². The van der Waals surface area contributed by atoms with Crippen molar-refractivity contribution in [3.63, 3.8) is 0 Å². The molecule has 2 rings (SSSR count). The maximum atomic E-state index is 11.9. The van der Waals surface area contributed by atoms with Gasteiger partial charge in [-0.1, -0.05) is 40.4 Å². The molecule has 0 aromatic heterocycles. The third-order valence-electron chi connectivity index (χ3n) is 3.75. The van der Waals surface area contributed by atoms with Gasteiger partial charge in [0.25, 0.3) is 0 Å². The van der Waals surface area contributed by atoms with Gasteiger partial charge in [-0.3, -0.25) is 4.79 Å². The van der Waals surface area contributed by atoms with Crippen LogP contribution in [0.25, 0.3) is 0 Å². The minimum absolute atomic E-state index is 0.316. The highest BCUT2D eigenvalue weighted by atomic mass is 35.5. The molecule has 0 unspecified atom stereocenters. The van der Waals surface area contributed by atoms with Crippen LogP contribution in [0, 0.1) is 0 Å². The first-order valence-electron chi connectivity index (χ1n) is 7.09. The van der Waals surface area contributed by atoms with Gasteiger partial charge < -0.3 is 5.32 Å². The van der Waals surface area contributed by atoms with E-state index < -0.39 is 0 Å². The second-order valence-electron chi connectivity index (χ2n) is 5.32. The lowest BCUT2D eigenvalue weighted by atomic mass is 9.89. The molecule has 21 heavy (non-hydrogen) atoms. The Kier molecular flexibility index (Phi) is 5.98. The maximum Gasteiger partial charge on any atom is 0.158 e. The van der Waals surface area contributed by atoms with Crippen LogP contribution in [0.5, 0.6) is 0 Å². The summed E-state index contributed by atoms with van der Waals surface area (Å²) < 4.78 is 0. The van der Waals surface area contributed by atoms with Gasteiger partial charge in [0.15, 0.2) is 5.78 Å². The number of rotatable bonds is 4. The third kappa shape index (κ3) is 4.38. The van der Waals surface area contributed by atoms with Crippen LogP contribution in [0.1, 0.15) is 39.0 Å². The Morgan fingerprint density at radius 2 is 1.76 bits per heavy atom. The Morgan fingerprint density at radius 1 is 1.14 bits per heavy atom. The quantitative estimate of drug-likeness (QED) is 0.542. The molecule has 0 spiro atoms. The van der Waals surface area contributed by atoms with Gasteiger partial charge in [0.05, 0.1) is 15.1 Å². The largest absolute Gasteiger partial charge is 0.385 e. The number of hydrogen-bond acceptors (Lipinski definition) is 2. The van der Waals surface area contributed by atoms with Gasteiger partial charge in [0.1, 0.15) is 0 Å². The van der Waals surface area contributed by atoms with Crippen LogP contribution in [-0.4, -0.2) is 12.3 Å². The van der Waals surface area contributed by atoms with Crippen molar-refractivity contribution in [2.75, 3.05) is 11.9 Å². The molecule has 1 aromatic carbocycles. The zero-order valence-electron chi connectivity index (χ0n) is 11.9. The molecule has 0 atom stereocenters. The number of anilines is 1. The molecule has 1 aliphatic carbocycles. The fourth-order valence-corrected chi connectivity index (χ4v) is 3.13. The normalized spacial score (nSPS) is 17.8. The number of benzene rings is 1. The van der Waals surface area contributed by atoms with Gasteiger partial charge in [0, 0.05) is 18.7 Å². The topological polar surface area (TPSA) is 29.1 Å². The molecular formula is C16H18Cl3NO. The van der Waals surface area contributed by atoms with E-state index in [0.29, 0.717) is 27.3 Å². The highest BCUT2D eigenvalue weighted by Crippen LogP contribution is 2.33. The number of carbonyl (C=O) groups is 1. The number of allylic oxidation sites excluding steroid dienone is 1. The van der Waals surface area contributed by atoms with Crippen LogP contribution in [0.3, 0.4) is 0 Å². The summed E-state index contributed by atoms with van der Waals surface area (Å²) in [5, 5.41) is 4.50. The van der Waals surface area contributed by atoms with Crippen molar-refractivity contribution < 1.29 is 4.79 Å². The number of nitrogens with one attached hydrogen (secondary N) is 1. The van der Waals surface area contributed by atoms with Crippen molar-refractivity contribution in [1.29, 1.82) is 0 Å². The summed E-state index contributed by atoms with van der Waals surface area (Å²) in [5.74, 6) is 0.316. The second kappa shape index (κ2) is 7.53. The molecule has 1 aromatic rings. The minimum atomic E-state index is 0.316. The highest BCUT2D eigenvalue weighted by molar-refractivity contribution is 6.48. The summed E-state index contributed by atoms with van der Waals surface area (Å²) in [5.41, 5.74) is 3.04. The number of carbonyl (C=O) groups excluding carboxylic acids is 1. The summed E-state index contributed by atoms with van der Waals surface area (Å²) >= 11 is 17.9. The van der Waals surface area contributed by atoms with E-state index in [1.54, 1.807) is 12.1 Å². The summed E-state index contributed by atoms with van der Waals surface area (Å²) in [7, 11) is 0. The summed E-state index contributed by atoms with van der Waals surface area (Å²) in [6.07, 6.45) is 4.59. The van der Waals surface area contributed by atoms with Crippen molar-refractivity contribution in [3.05, 3.63) is 38.3 Å². The van der Waals surface area contributed by atoms with Crippen molar-refractivity contribution in [2.24, 2.45) is 0 Å². The van der Waals surface area contributed by atoms with Crippen LogP contribution in [0.2, 0.25) is 15.1 Å². The lowest BCUT2D eigenvalue weighted by Gasteiger charge is -2.16. The monoisotopic (exact) mass is 345 g/mol. The molecule has 0 bridgehead atoms. The molecule has 2 nitrogen and oxygen atoms in total. The van der Waals surface area contributed by atoms with Crippen LogP contribution in [0.15, 0.2) is 23.3 Å². The smallest absolute Gasteiger partial charge is 0.158 e. The van der Waals surface area contributed by atoms with Gasteiger partial charge in [-0.15, -0.1) is 0 Å². The molecule has 0 saturated heterocycles. The average Bonchev–Trinajstić information content (AvgIpc) is 2.45. The molecule has 5 heteroatoms. The molecule has 1 N–H and O–H groups in total. The lowest BCUT2D eigenvalue weighted by molar-refractivity contribution is -0.116. The maximum absolute atomic E-state index is 11.9. The Hall–Kier alpha value is -0.700. The Labute approximate surface area is 140 Å². The summed E-state index contributed by atoms with van der Waals surface area (Å²) in [6.45, 7) is 2.78. The van der Waals surface area contributed by atoms with Gasteiger partial charge in [-0.25, -0.2) is 0 Å². The molecule has 0 aliphatic heterocycles.